The Morgan fingerprint density at radius 3 is 1.26 bits per heavy atom. The Labute approximate surface area is 568 Å². The van der Waals surface area contributed by atoms with Crippen molar-refractivity contribution in [3.05, 3.63) is 35.9 Å². The molecule has 1 heterocycles. The monoisotopic (exact) mass is 1390 g/mol. The fourth-order valence-corrected chi connectivity index (χ4v) is 9.49. The summed E-state index contributed by atoms with van der Waals surface area (Å²) < 4.78 is 0. The van der Waals surface area contributed by atoms with Crippen LogP contribution in [-0.4, -0.2) is 234 Å². The number of amides is 15. The van der Waals surface area contributed by atoms with Gasteiger partial charge >= 0.3 is 0 Å². The SMILES string of the molecule is CC(C)C[C@@H]1NC(=O)[C@@H](Cc2ccccc2)NC(=O)[C@H](CCN)NC(=O)[C@@H](NC(=O)[C@H](CCN)NC(=O)[C@H](NC(=O)[C@H](C)NC(=O)[C@@H](C)NC(=O)[C@H](C)NC(=O)[C@H](C)NC(=O)[C@@H](C)NC(=O)[C@H](C)N)[C@@H](C)O)CCNC(=O)[C@@H]([C@@H](C)O)NC(=O)[C@H](CCN)NC(=O)[C@H](CCN)NC1=O. The second-order valence-electron chi connectivity index (χ2n) is 24.5. The van der Waals surface area contributed by atoms with Crippen molar-refractivity contribution < 1.29 is 82.1 Å². The van der Waals surface area contributed by atoms with Gasteiger partial charge in [-0.25, -0.2) is 0 Å². The lowest BCUT2D eigenvalue weighted by Crippen LogP contribution is -2.62. The molecule has 0 aromatic heterocycles. The van der Waals surface area contributed by atoms with E-state index in [1.807, 2.05) is 0 Å². The zero-order valence-electron chi connectivity index (χ0n) is 57.2. The van der Waals surface area contributed by atoms with Crippen LogP contribution in [0.1, 0.15) is 113 Å². The molecule has 2 rings (SSSR count). The average molecular weight is 1390 g/mol. The van der Waals surface area contributed by atoms with E-state index in [4.69, 9.17) is 28.7 Å². The van der Waals surface area contributed by atoms with Gasteiger partial charge in [-0.3, -0.25) is 71.9 Å². The molecule has 15 amide bonds. The van der Waals surface area contributed by atoms with E-state index >= 15 is 0 Å². The molecule has 17 atom stereocenters. The fraction of sp³-hybridized carbons (Fsp3) is 0.656. The molecule has 0 saturated carbocycles. The second kappa shape index (κ2) is 42.6. The Kier molecular flexibility index (Phi) is 37.0. The molecule has 37 nitrogen and oxygen atoms in total. The first kappa shape index (κ1) is 85.1. The standard InChI is InChI=1S/C61H104N20O17/c1-28(2)26-43-58(95)75-38(16-21-62)53(90)74-41(19-24-65)57(94)81-45(35(9)82)60(97)67-25-20-42(56(93)73-39(17-22-63)55(92)79-44(59(96)78-43)27-37-14-12-11-13-15-37)76-54(91)40(18-23-64)77-61(98)46(36(10)83)80-52(89)34(8)72-51(88)33(7)71-50(87)32(6)70-49(86)31(5)69-48(85)30(4)68-47(84)29(3)66/h11-15,28-36,38-46,82-83H,16-27,62-66H2,1-10H3,(H,67,97)(H,68,84)(H,69,85)(H,70,86)(H,71,87)(H,72,88)(H,73,93)(H,74,90)(H,75,95)(H,76,91)(H,77,98)(H,78,96)(H,79,92)(H,80,89)(H,81,94)/t29-,30+,31-,32-,33+,34-,35+,36+,38-,39-,40-,41-,42-,43-,44+,45+,46+/m0/s1. The van der Waals surface area contributed by atoms with Crippen molar-refractivity contribution in [1.82, 2.24) is 79.8 Å². The zero-order valence-corrected chi connectivity index (χ0v) is 57.2. The number of rotatable bonds is 30. The molecule has 1 saturated heterocycles. The van der Waals surface area contributed by atoms with E-state index < -0.39 is 204 Å². The number of benzene rings is 1. The highest BCUT2D eigenvalue weighted by atomic mass is 16.3. The van der Waals surface area contributed by atoms with E-state index in [0.717, 1.165) is 6.92 Å². The summed E-state index contributed by atoms with van der Waals surface area (Å²) in [5.74, 6) is -14.1. The Morgan fingerprint density at radius 1 is 0.459 bits per heavy atom. The Balaban J connectivity index is 2.51. The second-order valence-corrected chi connectivity index (χ2v) is 24.5. The van der Waals surface area contributed by atoms with Crippen LogP contribution in [-0.2, 0) is 78.3 Å². The molecule has 0 bridgehead atoms. The van der Waals surface area contributed by atoms with Gasteiger partial charge in [-0.1, -0.05) is 44.2 Å². The number of carbonyl (C=O) groups is 15. The van der Waals surface area contributed by atoms with Crippen molar-refractivity contribution in [1.29, 1.82) is 0 Å². The first-order valence-electron chi connectivity index (χ1n) is 32.5. The minimum atomic E-state index is -1.85. The van der Waals surface area contributed by atoms with Crippen LogP contribution in [0.4, 0.5) is 0 Å². The molecule has 550 valence electrons. The van der Waals surface area contributed by atoms with E-state index in [9.17, 15) is 82.1 Å². The summed E-state index contributed by atoms with van der Waals surface area (Å²) in [6.45, 7) is 12.3. The predicted molar refractivity (Wildman–Crippen MR) is 354 cm³/mol. The summed E-state index contributed by atoms with van der Waals surface area (Å²) in [5, 5.41) is 58.5. The van der Waals surface area contributed by atoms with Gasteiger partial charge in [0.05, 0.1) is 18.2 Å². The van der Waals surface area contributed by atoms with Crippen LogP contribution in [0.5, 0.6) is 0 Å². The highest BCUT2D eigenvalue weighted by Crippen LogP contribution is 2.12. The first-order valence-corrected chi connectivity index (χ1v) is 32.5. The molecule has 27 N–H and O–H groups in total. The van der Waals surface area contributed by atoms with E-state index in [2.05, 4.69) is 79.8 Å². The van der Waals surface area contributed by atoms with Crippen molar-refractivity contribution in [2.24, 2.45) is 34.6 Å². The summed E-state index contributed by atoms with van der Waals surface area (Å²) in [6, 6.07) is -13.0. The molecule has 1 aliphatic heterocycles. The van der Waals surface area contributed by atoms with E-state index in [0.29, 0.717) is 5.56 Å². The molecule has 1 aromatic rings. The molecule has 0 radical (unpaired) electrons. The van der Waals surface area contributed by atoms with Crippen LogP contribution < -0.4 is 108 Å². The maximum Gasteiger partial charge on any atom is 0.245 e. The minimum Gasteiger partial charge on any atom is -0.391 e. The largest absolute Gasteiger partial charge is 0.391 e. The van der Waals surface area contributed by atoms with Crippen molar-refractivity contribution >= 4 is 88.6 Å². The summed E-state index contributed by atoms with van der Waals surface area (Å²) in [4.78, 5) is 205. The van der Waals surface area contributed by atoms with Gasteiger partial charge < -0.3 is 119 Å². The fourth-order valence-electron chi connectivity index (χ4n) is 9.49. The third kappa shape index (κ3) is 29.0. The average Bonchev–Trinajstić information content (AvgIpc) is 0.941. The van der Waals surface area contributed by atoms with Crippen molar-refractivity contribution in [2.45, 2.75) is 217 Å². The number of hydrogen-bond acceptors (Lipinski definition) is 22. The summed E-state index contributed by atoms with van der Waals surface area (Å²) in [5.41, 5.74) is 29.6. The lowest BCUT2D eigenvalue weighted by atomic mass is 10.00. The smallest absolute Gasteiger partial charge is 0.245 e. The number of carbonyl (C=O) groups excluding carboxylic acids is 15. The summed E-state index contributed by atoms with van der Waals surface area (Å²) in [7, 11) is 0. The van der Waals surface area contributed by atoms with Crippen LogP contribution in [0.25, 0.3) is 0 Å². The van der Waals surface area contributed by atoms with Gasteiger partial charge in [0.2, 0.25) is 88.6 Å². The molecule has 0 aliphatic carbocycles. The molecule has 1 fully saturated rings. The molecular weight excluding hydrogens is 1280 g/mol. The molecule has 0 spiro atoms. The Hall–Kier alpha value is -9.01. The molecule has 1 aromatic carbocycles. The van der Waals surface area contributed by atoms with E-state index in [1.54, 1.807) is 44.2 Å². The Morgan fingerprint density at radius 2 is 0.847 bits per heavy atom. The van der Waals surface area contributed by atoms with Crippen molar-refractivity contribution in [3.63, 3.8) is 0 Å². The molecule has 98 heavy (non-hydrogen) atoms. The van der Waals surface area contributed by atoms with Crippen molar-refractivity contribution in [3.8, 4) is 0 Å². The summed E-state index contributed by atoms with van der Waals surface area (Å²) in [6.07, 6.45) is -4.96. The number of nitrogens with two attached hydrogens (primary N) is 5. The van der Waals surface area contributed by atoms with E-state index in [-0.39, 0.29) is 70.6 Å². The molecule has 0 unspecified atom stereocenters. The predicted octanol–water partition coefficient (Wildman–Crippen LogP) is -9.81. The topological polar surface area (TPSA) is 607 Å². The van der Waals surface area contributed by atoms with Crippen LogP contribution in [0.2, 0.25) is 0 Å². The first-order chi connectivity index (χ1) is 46.0. The summed E-state index contributed by atoms with van der Waals surface area (Å²) >= 11 is 0. The number of hydrogen-bond donors (Lipinski definition) is 22. The van der Waals surface area contributed by atoms with Gasteiger partial charge in [0.1, 0.15) is 84.6 Å². The van der Waals surface area contributed by atoms with Crippen LogP contribution >= 0.6 is 0 Å². The zero-order chi connectivity index (χ0) is 74.3. The highest BCUT2D eigenvalue weighted by Gasteiger charge is 2.38. The van der Waals surface area contributed by atoms with Gasteiger partial charge in [-0.2, -0.15) is 0 Å². The van der Waals surface area contributed by atoms with Gasteiger partial charge in [-0.05, 0) is 132 Å². The quantitative estimate of drug-likeness (QED) is 0.0340. The maximum absolute atomic E-state index is 14.6. The third-order valence-electron chi connectivity index (χ3n) is 15.3. The molecule has 37 heteroatoms. The van der Waals surface area contributed by atoms with Crippen LogP contribution in [0.3, 0.4) is 0 Å². The lowest BCUT2D eigenvalue weighted by Gasteiger charge is -2.29. The van der Waals surface area contributed by atoms with Gasteiger partial charge in [0, 0.05) is 13.0 Å². The number of nitrogens with one attached hydrogen (secondary N) is 15. The van der Waals surface area contributed by atoms with Gasteiger partial charge in [0.15, 0.2) is 0 Å². The number of aliphatic hydroxyl groups is 2. The lowest BCUT2D eigenvalue weighted by molar-refractivity contribution is -0.137. The highest BCUT2D eigenvalue weighted by molar-refractivity contribution is 6.00. The molecular formula is C61H104N20O17. The Bertz CT molecular complexity index is 2910. The van der Waals surface area contributed by atoms with Crippen molar-refractivity contribution in [2.75, 3.05) is 32.7 Å². The van der Waals surface area contributed by atoms with Crippen LogP contribution in [0.15, 0.2) is 30.3 Å². The third-order valence-corrected chi connectivity index (χ3v) is 15.3. The molecule has 1 aliphatic rings. The van der Waals surface area contributed by atoms with Crippen LogP contribution in [0, 0.1) is 5.92 Å². The normalized spacial score (nSPS) is 22.5. The maximum atomic E-state index is 14.6. The number of aliphatic hydroxyl groups excluding tert-OH is 2. The van der Waals surface area contributed by atoms with Gasteiger partial charge in [-0.15, -0.1) is 0 Å². The minimum absolute atomic E-state index is 0.0155. The van der Waals surface area contributed by atoms with Gasteiger partial charge in [0.25, 0.3) is 0 Å². The van der Waals surface area contributed by atoms with E-state index in [1.165, 1.54) is 48.5 Å².